The van der Waals surface area contributed by atoms with Crippen LogP contribution in [0, 0.1) is 34.0 Å². The van der Waals surface area contributed by atoms with Gasteiger partial charge in [0.2, 0.25) is 0 Å². The first-order chi connectivity index (χ1) is 24.7. The van der Waals surface area contributed by atoms with E-state index in [1.54, 1.807) is 0 Å². The van der Waals surface area contributed by atoms with Crippen LogP contribution in [0.15, 0.2) is 152 Å². The molecular weight excluding hydrogens is 611 g/mol. The van der Waals surface area contributed by atoms with Gasteiger partial charge in [0.1, 0.15) is 6.07 Å². The number of nitrogens with zero attached hydrogens (tertiary/aromatic N) is 5. The molecule has 0 atom stereocenters. The van der Waals surface area contributed by atoms with Crippen molar-refractivity contribution in [3.8, 4) is 51.8 Å². The van der Waals surface area contributed by atoms with Crippen molar-refractivity contribution in [3.05, 3.63) is 168 Å². The van der Waals surface area contributed by atoms with E-state index >= 15 is 0 Å². The minimum absolute atomic E-state index is 0.576. The molecule has 230 valence electrons. The second-order valence-corrected chi connectivity index (χ2v) is 12.3. The molecule has 5 nitrogen and oxygen atoms in total. The van der Waals surface area contributed by atoms with Crippen molar-refractivity contribution in [1.82, 2.24) is 9.13 Å². The van der Waals surface area contributed by atoms with Crippen LogP contribution in [-0.2, 0) is 0 Å². The van der Waals surface area contributed by atoms with Crippen LogP contribution in [0.4, 0.5) is 0 Å². The first-order valence-electron chi connectivity index (χ1n) is 16.3. The molecule has 0 N–H and O–H groups in total. The van der Waals surface area contributed by atoms with Gasteiger partial charge in [-0.05, 0) is 71.8 Å². The molecule has 0 saturated heterocycles. The third kappa shape index (κ3) is 4.31. The third-order valence-corrected chi connectivity index (χ3v) is 9.59. The molecule has 0 aliphatic rings. The minimum atomic E-state index is 0.576. The van der Waals surface area contributed by atoms with E-state index < -0.39 is 0 Å². The van der Waals surface area contributed by atoms with Crippen molar-refractivity contribution in [3.63, 3.8) is 0 Å². The predicted molar refractivity (Wildman–Crippen MR) is 200 cm³/mol. The third-order valence-electron chi connectivity index (χ3n) is 9.59. The van der Waals surface area contributed by atoms with E-state index in [4.69, 9.17) is 0 Å². The second kappa shape index (κ2) is 11.4. The number of benzene rings is 7. The Morgan fingerprint density at radius 3 is 1.76 bits per heavy atom. The zero-order chi connectivity index (χ0) is 33.8. The van der Waals surface area contributed by atoms with Crippen LogP contribution in [0.5, 0.6) is 0 Å². The minimum Gasteiger partial charge on any atom is -0.309 e. The van der Waals surface area contributed by atoms with E-state index in [0.717, 1.165) is 77.2 Å². The molecule has 50 heavy (non-hydrogen) atoms. The molecule has 0 aliphatic heterocycles. The van der Waals surface area contributed by atoms with Crippen molar-refractivity contribution >= 4 is 43.6 Å². The fraction of sp³-hybridized carbons (Fsp3) is 0. The molecule has 7 aromatic carbocycles. The van der Waals surface area contributed by atoms with Crippen molar-refractivity contribution in [2.24, 2.45) is 0 Å². The lowest BCUT2D eigenvalue weighted by Crippen LogP contribution is -1.98. The van der Waals surface area contributed by atoms with Gasteiger partial charge in [-0.15, -0.1) is 0 Å². The normalized spacial score (nSPS) is 11.1. The number of hydrogen-bond donors (Lipinski definition) is 0. The fourth-order valence-electron chi connectivity index (χ4n) is 7.47. The van der Waals surface area contributed by atoms with Gasteiger partial charge in [-0.1, -0.05) is 91.0 Å². The largest absolute Gasteiger partial charge is 0.309 e. The number of fused-ring (bicyclic) bond motifs is 6. The summed E-state index contributed by atoms with van der Waals surface area (Å²) in [4.78, 5) is 0. The van der Waals surface area contributed by atoms with Crippen LogP contribution in [0.2, 0.25) is 0 Å². The SMILES string of the molecule is N#Cc1cccc(-n2c3ccc(C#N)cc3c3cccc(-c4cccc(-c5cccc6c7ccccc7n(-c7ccccc7C#N)c56)c4)c32)c1. The molecule has 0 saturated carbocycles. The van der Waals surface area contributed by atoms with E-state index in [-0.39, 0.29) is 0 Å². The van der Waals surface area contributed by atoms with Gasteiger partial charge in [-0.3, -0.25) is 0 Å². The molecule has 2 aromatic heterocycles. The highest BCUT2D eigenvalue weighted by molar-refractivity contribution is 6.16. The van der Waals surface area contributed by atoms with Crippen LogP contribution >= 0.6 is 0 Å². The summed E-state index contributed by atoms with van der Waals surface area (Å²) in [7, 11) is 0. The Kier molecular flexibility index (Phi) is 6.56. The van der Waals surface area contributed by atoms with E-state index in [2.05, 4.69) is 106 Å². The number of para-hydroxylation sites is 4. The topological polar surface area (TPSA) is 81.2 Å². The van der Waals surface area contributed by atoms with Gasteiger partial charge >= 0.3 is 0 Å². The molecule has 2 heterocycles. The van der Waals surface area contributed by atoms with Gasteiger partial charge < -0.3 is 9.13 Å². The zero-order valence-corrected chi connectivity index (χ0v) is 26.7. The summed E-state index contributed by atoms with van der Waals surface area (Å²) in [5.41, 5.74) is 11.7. The Labute approximate surface area is 287 Å². The maximum Gasteiger partial charge on any atom is 0.101 e. The maximum absolute atomic E-state index is 10.1. The van der Waals surface area contributed by atoms with Gasteiger partial charge in [-0.25, -0.2) is 0 Å². The van der Waals surface area contributed by atoms with Crippen LogP contribution in [-0.4, -0.2) is 9.13 Å². The summed E-state index contributed by atoms with van der Waals surface area (Å²) in [6.07, 6.45) is 0. The predicted octanol–water partition coefficient (Wildman–Crippen LogP) is 10.8. The fourth-order valence-corrected chi connectivity index (χ4v) is 7.47. The first kappa shape index (κ1) is 28.8. The summed E-state index contributed by atoms with van der Waals surface area (Å²) >= 11 is 0. The lowest BCUT2D eigenvalue weighted by atomic mass is 9.96. The maximum atomic E-state index is 10.1. The molecule has 0 amide bonds. The van der Waals surface area contributed by atoms with Gasteiger partial charge in [0, 0.05) is 38.4 Å². The molecule has 9 rings (SSSR count). The van der Waals surface area contributed by atoms with E-state index in [1.807, 2.05) is 72.8 Å². The van der Waals surface area contributed by atoms with Crippen molar-refractivity contribution in [2.45, 2.75) is 0 Å². The van der Waals surface area contributed by atoms with Gasteiger partial charge in [0.15, 0.2) is 0 Å². The molecule has 0 spiro atoms. The van der Waals surface area contributed by atoms with Crippen LogP contribution < -0.4 is 0 Å². The highest BCUT2D eigenvalue weighted by Gasteiger charge is 2.20. The van der Waals surface area contributed by atoms with Crippen molar-refractivity contribution < 1.29 is 0 Å². The average Bonchev–Trinajstić information content (AvgIpc) is 3.70. The van der Waals surface area contributed by atoms with Gasteiger partial charge in [-0.2, -0.15) is 15.8 Å². The smallest absolute Gasteiger partial charge is 0.101 e. The number of hydrogen-bond acceptors (Lipinski definition) is 3. The highest BCUT2D eigenvalue weighted by atomic mass is 15.0. The van der Waals surface area contributed by atoms with E-state index in [9.17, 15) is 15.8 Å². The van der Waals surface area contributed by atoms with Crippen LogP contribution in [0.3, 0.4) is 0 Å². The molecule has 9 aromatic rings. The standard InChI is InChI=1S/C45H25N5/c46-26-29-9-5-13-34(23-29)49-43-22-21-30(27-47)24-40(43)39-18-8-15-35(44(39)49)31-11-6-12-32(25-31)36-16-7-17-38-37-14-2-4-20-42(37)50(45(36)38)41-19-3-1-10-33(41)28-48/h1-25H. The van der Waals surface area contributed by atoms with Gasteiger partial charge in [0.25, 0.3) is 0 Å². The first-order valence-corrected chi connectivity index (χ1v) is 16.3. The summed E-state index contributed by atoms with van der Waals surface area (Å²) in [5, 5.41) is 33.9. The molecular formula is C45H25N5. The number of aromatic nitrogens is 2. The van der Waals surface area contributed by atoms with Crippen molar-refractivity contribution in [2.75, 3.05) is 0 Å². The van der Waals surface area contributed by atoms with E-state index in [1.165, 1.54) is 0 Å². The molecule has 0 radical (unpaired) electrons. The van der Waals surface area contributed by atoms with Crippen LogP contribution in [0.25, 0.3) is 77.2 Å². The summed E-state index contributed by atoms with van der Waals surface area (Å²) in [6.45, 7) is 0. The molecule has 0 fully saturated rings. The Bertz CT molecular complexity index is 2970. The van der Waals surface area contributed by atoms with Gasteiger partial charge in [0.05, 0.1) is 56.6 Å². The highest BCUT2D eigenvalue weighted by Crippen LogP contribution is 2.42. The quantitative estimate of drug-likeness (QED) is 0.193. The lowest BCUT2D eigenvalue weighted by Gasteiger charge is -2.15. The monoisotopic (exact) mass is 635 g/mol. The summed E-state index contributed by atoms with van der Waals surface area (Å²) < 4.78 is 4.42. The number of rotatable bonds is 4. The second-order valence-electron chi connectivity index (χ2n) is 12.3. The Morgan fingerprint density at radius 2 is 1.00 bits per heavy atom. The molecule has 0 unspecified atom stereocenters. The van der Waals surface area contributed by atoms with E-state index in [0.29, 0.717) is 16.7 Å². The van der Waals surface area contributed by atoms with Crippen LogP contribution in [0.1, 0.15) is 16.7 Å². The summed E-state index contributed by atoms with van der Waals surface area (Å²) in [5.74, 6) is 0. The Morgan fingerprint density at radius 1 is 0.400 bits per heavy atom. The molecule has 0 bridgehead atoms. The number of nitriles is 3. The zero-order valence-electron chi connectivity index (χ0n) is 26.7. The molecule has 5 heteroatoms. The molecule has 0 aliphatic carbocycles. The Balaban J connectivity index is 1.33. The van der Waals surface area contributed by atoms with Crippen molar-refractivity contribution in [1.29, 1.82) is 15.8 Å². The Hall–Kier alpha value is -7.39. The lowest BCUT2D eigenvalue weighted by molar-refractivity contribution is 1.17. The average molecular weight is 636 g/mol. The summed E-state index contributed by atoms with van der Waals surface area (Å²) in [6, 6.07) is 57.8.